The topological polar surface area (TPSA) is 45.8 Å². The highest BCUT2D eigenvalue weighted by Crippen LogP contribution is 2.27. The summed E-state index contributed by atoms with van der Waals surface area (Å²) in [6.07, 6.45) is 1.17. The molecule has 4 heteroatoms. The number of aromatic nitrogens is 2. The van der Waals surface area contributed by atoms with Crippen LogP contribution >= 0.6 is 11.8 Å². The van der Waals surface area contributed by atoms with Gasteiger partial charge < -0.3 is 0 Å². The van der Waals surface area contributed by atoms with E-state index in [-0.39, 0.29) is 5.56 Å². The molecule has 0 aliphatic rings. The molecule has 0 spiro atoms. The van der Waals surface area contributed by atoms with E-state index in [2.05, 4.69) is 36.2 Å². The summed E-state index contributed by atoms with van der Waals surface area (Å²) in [6.45, 7) is 4.29. The molecule has 94 valence electrons. The van der Waals surface area contributed by atoms with Crippen LogP contribution in [0.5, 0.6) is 0 Å². The lowest BCUT2D eigenvalue weighted by Crippen LogP contribution is -2.05. The second-order valence-corrected chi connectivity index (χ2v) is 5.27. The van der Waals surface area contributed by atoms with Crippen molar-refractivity contribution >= 4 is 11.8 Å². The molecule has 1 aromatic carbocycles. The van der Waals surface area contributed by atoms with Gasteiger partial charge in [0.1, 0.15) is 0 Å². The second-order valence-electron chi connectivity index (χ2n) is 4.14. The number of aromatic amines is 1. The Balaban J connectivity index is 2.28. The summed E-state index contributed by atoms with van der Waals surface area (Å²) in [4.78, 5) is 12.3. The number of aryl methyl sites for hydroxylation is 1. The average Bonchev–Trinajstić information content (AvgIpc) is 2.38. The van der Waals surface area contributed by atoms with Crippen LogP contribution in [0.4, 0.5) is 0 Å². The van der Waals surface area contributed by atoms with Crippen molar-refractivity contribution in [2.24, 2.45) is 0 Å². The Kier molecular flexibility index (Phi) is 4.20. The van der Waals surface area contributed by atoms with Crippen LogP contribution in [0.25, 0.3) is 11.3 Å². The molecule has 1 heterocycles. The van der Waals surface area contributed by atoms with E-state index in [0.717, 1.165) is 17.0 Å². The van der Waals surface area contributed by atoms with Gasteiger partial charge in [0.25, 0.3) is 5.56 Å². The summed E-state index contributed by atoms with van der Waals surface area (Å²) in [7, 11) is 0. The van der Waals surface area contributed by atoms with Gasteiger partial charge in [0, 0.05) is 16.5 Å². The summed E-state index contributed by atoms with van der Waals surface area (Å²) >= 11 is 1.88. The number of nitrogens with zero attached hydrogens (tertiary/aromatic N) is 1. The minimum absolute atomic E-state index is 0.175. The van der Waals surface area contributed by atoms with Gasteiger partial charge in [0.05, 0.1) is 5.69 Å². The molecule has 1 aromatic heterocycles. The zero-order valence-corrected chi connectivity index (χ0v) is 11.4. The first-order valence-corrected chi connectivity index (χ1v) is 6.99. The van der Waals surface area contributed by atoms with Gasteiger partial charge in [-0.15, -0.1) is 11.8 Å². The Hall–Kier alpha value is -1.55. The van der Waals surface area contributed by atoms with Crippen LogP contribution in [-0.4, -0.2) is 16.0 Å². The van der Waals surface area contributed by atoms with Crippen molar-refractivity contribution in [2.45, 2.75) is 25.2 Å². The molecule has 3 nitrogen and oxygen atoms in total. The largest absolute Gasteiger partial charge is 0.268 e. The highest BCUT2D eigenvalue weighted by Gasteiger charge is 2.03. The number of H-pyrrole nitrogens is 1. The Morgan fingerprint density at radius 2 is 2.11 bits per heavy atom. The normalized spacial score (nSPS) is 10.6. The maximum absolute atomic E-state index is 11.0. The zero-order valence-electron chi connectivity index (χ0n) is 10.6. The zero-order chi connectivity index (χ0) is 13.0. The minimum Gasteiger partial charge on any atom is -0.268 e. The highest BCUT2D eigenvalue weighted by molar-refractivity contribution is 7.99. The third-order valence-electron chi connectivity index (χ3n) is 2.61. The standard InChI is InChI=1S/C14H16N2OS/c1-3-8-18-13-6-4-11(9-10(13)2)12-5-7-14(17)16-15-12/h4-7,9H,3,8H2,1-2H3,(H,16,17). The first-order chi connectivity index (χ1) is 8.70. The van der Waals surface area contributed by atoms with Gasteiger partial charge in [0.2, 0.25) is 0 Å². The summed E-state index contributed by atoms with van der Waals surface area (Å²) < 4.78 is 0. The molecule has 18 heavy (non-hydrogen) atoms. The van der Waals surface area contributed by atoms with Crippen LogP contribution in [0.3, 0.4) is 0 Å². The number of rotatable bonds is 4. The first-order valence-electron chi connectivity index (χ1n) is 6.00. The fraction of sp³-hybridized carbons (Fsp3) is 0.286. The van der Waals surface area contributed by atoms with Crippen LogP contribution in [0, 0.1) is 6.92 Å². The predicted molar refractivity (Wildman–Crippen MR) is 76.0 cm³/mol. The molecular formula is C14H16N2OS. The van der Waals surface area contributed by atoms with Crippen molar-refractivity contribution in [1.29, 1.82) is 0 Å². The first kappa shape index (κ1) is 12.9. The van der Waals surface area contributed by atoms with E-state index in [1.807, 2.05) is 17.8 Å². The third kappa shape index (κ3) is 3.01. The predicted octanol–water partition coefficient (Wildman–Crippen LogP) is 3.25. The number of benzene rings is 1. The molecule has 0 aliphatic heterocycles. The molecule has 0 radical (unpaired) electrons. The quantitative estimate of drug-likeness (QED) is 0.858. The molecule has 0 saturated carbocycles. The van der Waals surface area contributed by atoms with Crippen molar-refractivity contribution in [1.82, 2.24) is 10.2 Å². The summed E-state index contributed by atoms with van der Waals surface area (Å²) in [5.74, 6) is 1.14. The van der Waals surface area contributed by atoms with Gasteiger partial charge in [-0.25, -0.2) is 5.10 Å². The monoisotopic (exact) mass is 260 g/mol. The Bertz CT molecular complexity index is 572. The molecule has 0 aliphatic carbocycles. The summed E-state index contributed by atoms with van der Waals surface area (Å²) in [5.41, 5.74) is 2.90. The van der Waals surface area contributed by atoms with E-state index in [9.17, 15) is 4.79 Å². The van der Waals surface area contributed by atoms with Crippen molar-refractivity contribution in [3.63, 3.8) is 0 Å². The Morgan fingerprint density at radius 3 is 2.72 bits per heavy atom. The molecule has 0 unspecified atom stereocenters. The van der Waals surface area contributed by atoms with Crippen molar-refractivity contribution in [3.8, 4) is 11.3 Å². The van der Waals surface area contributed by atoms with Crippen LogP contribution < -0.4 is 5.56 Å². The van der Waals surface area contributed by atoms with Gasteiger partial charge in [-0.1, -0.05) is 13.0 Å². The SMILES string of the molecule is CCCSc1ccc(-c2ccc(=O)[nH]n2)cc1C. The highest BCUT2D eigenvalue weighted by atomic mass is 32.2. The van der Waals surface area contributed by atoms with Crippen molar-refractivity contribution < 1.29 is 0 Å². The lowest BCUT2D eigenvalue weighted by Gasteiger charge is -2.07. The van der Waals surface area contributed by atoms with Crippen molar-refractivity contribution in [3.05, 3.63) is 46.2 Å². The third-order valence-corrected chi connectivity index (χ3v) is 3.99. The smallest absolute Gasteiger partial charge is 0.264 e. The molecule has 1 N–H and O–H groups in total. The van der Waals surface area contributed by atoms with E-state index >= 15 is 0 Å². The molecule has 2 aromatic rings. The van der Waals surface area contributed by atoms with E-state index in [1.165, 1.54) is 22.9 Å². The Morgan fingerprint density at radius 1 is 1.28 bits per heavy atom. The number of thioether (sulfide) groups is 1. The summed E-state index contributed by atoms with van der Waals surface area (Å²) in [6, 6.07) is 9.52. The molecule has 0 amide bonds. The second kappa shape index (κ2) is 5.87. The molecular weight excluding hydrogens is 244 g/mol. The van der Waals surface area contributed by atoms with Gasteiger partial charge in [-0.3, -0.25) is 4.79 Å². The Labute approximate surface area is 111 Å². The number of hydrogen-bond donors (Lipinski definition) is 1. The maximum atomic E-state index is 11.0. The molecule has 2 rings (SSSR count). The van der Waals surface area contributed by atoms with E-state index in [1.54, 1.807) is 6.07 Å². The van der Waals surface area contributed by atoms with Gasteiger partial charge >= 0.3 is 0 Å². The maximum Gasteiger partial charge on any atom is 0.264 e. The minimum atomic E-state index is -0.175. The van der Waals surface area contributed by atoms with Crippen molar-refractivity contribution in [2.75, 3.05) is 5.75 Å². The number of hydrogen-bond acceptors (Lipinski definition) is 3. The number of nitrogens with one attached hydrogen (secondary N) is 1. The van der Waals surface area contributed by atoms with Crippen LogP contribution in [0.2, 0.25) is 0 Å². The fourth-order valence-electron chi connectivity index (χ4n) is 1.69. The van der Waals surface area contributed by atoms with E-state index in [0.29, 0.717) is 0 Å². The van der Waals surface area contributed by atoms with Crippen LogP contribution in [0.15, 0.2) is 40.0 Å². The van der Waals surface area contributed by atoms with E-state index in [4.69, 9.17) is 0 Å². The lowest BCUT2D eigenvalue weighted by molar-refractivity contribution is 0.994. The molecule has 0 bridgehead atoms. The molecule has 0 fully saturated rings. The lowest BCUT2D eigenvalue weighted by atomic mass is 10.1. The van der Waals surface area contributed by atoms with Gasteiger partial charge in [0.15, 0.2) is 0 Å². The van der Waals surface area contributed by atoms with Gasteiger partial charge in [-0.2, -0.15) is 5.10 Å². The van der Waals surface area contributed by atoms with E-state index < -0.39 is 0 Å². The average molecular weight is 260 g/mol. The molecule has 0 saturated heterocycles. The fourth-order valence-corrected chi connectivity index (χ4v) is 2.56. The summed E-state index contributed by atoms with van der Waals surface area (Å²) in [5, 5.41) is 6.49. The van der Waals surface area contributed by atoms with Crippen LogP contribution in [-0.2, 0) is 0 Å². The van der Waals surface area contributed by atoms with Gasteiger partial charge in [-0.05, 0) is 42.9 Å². The van der Waals surface area contributed by atoms with Crippen LogP contribution in [0.1, 0.15) is 18.9 Å². The molecule has 0 atom stereocenters.